The normalized spacial score (nSPS) is 12.4. The second-order valence-electron chi connectivity index (χ2n) is 5.58. The van der Waals surface area contributed by atoms with Gasteiger partial charge in [-0.05, 0) is 30.3 Å². The second-order valence-corrected chi connectivity index (χ2v) is 7.11. The molecule has 0 unspecified atom stereocenters. The number of primary sulfonamides is 1. The zero-order valence-corrected chi connectivity index (χ0v) is 14.3. The summed E-state index contributed by atoms with van der Waals surface area (Å²) in [5.41, 5.74) is -2.45. The summed E-state index contributed by atoms with van der Waals surface area (Å²) in [5, 5.41) is 4.78. The number of nitrogens with two attached hydrogens (primary N) is 1. The molecule has 28 heavy (non-hydrogen) atoms. The third-order valence-corrected chi connectivity index (χ3v) is 4.66. The third-order valence-electron chi connectivity index (χ3n) is 3.73. The van der Waals surface area contributed by atoms with Gasteiger partial charge in [-0.2, -0.15) is 13.2 Å². The number of oxazole rings is 1. The number of sulfonamides is 1. The molecule has 1 heterocycles. The maximum atomic E-state index is 14.4. The van der Waals surface area contributed by atoms with Crippen molar-refractivity contribution in [1.82, 2.24) is 4.57 Å². The molecule has 6 nitrogen and oxygen atoms in total. The molecule has 0 spiro atoms. The van der Waals surface area contributed by atoms with Crippen LogP contribution in [0.3, 0.4) is 0 Å². The van der Waals surface area contributed by atoms with Crippen molar-refractivity contribution in [3.05, 3.63) is 70.4 Å². The number of alkyl halides is 3. The van der Waals surface area contributed by atoms with Crippen molar-refractivity contribution in [2.75, 3.05) is 0 Å². The molecule has 0 fully saturated rings. The van der Waals surface area contributed by atoms with Crippen LogP contribution in [0, 0.1) is 11.6 Å². The van der Waals surface area contributed by atoms with Crippen LogP contribution in [0.4, 0.5) is 22.0 Å². The van der Waals surface area contributed by atoms with Gasteiger partial charge in [0, 0.05) is 5.56 Å². The molecule has 0 aliphatic rings. The number of nitrogens with zero attached hydrogens (tertiary/aromatic N) is 1. The lowest BCUT2D eigenvalue weighted by atomic mass is 10.1. The summed E-state index contributed by atoms with van der Waals surface area (Å²) in [4.78, 5) is 10.9. The van der Waals surface area contributed by atoms with E-state index in [1.54, 1.807) is 0 Å². The molecule has 0 radical (unpaired) electrons. The Morgan fingerprint density at radius 3 is 2.32 bits per heavy atom. The monoisotopic (exact) mass is 420 g/mol. The molecule has 12 heteroatoms. The van der Waals surface area contributed by atoms with Crippen molar-refractivity contribution in [2.24, 2.45) is 5.14 Å². The topological polar surface area (TPSA) is 95.3 Å². The van der Waals surface area contributed by atoms with Crippen molar-refractivity contribution >= 4 is 10.0 Å². The van der Waals surface area contributed by atoms with Crippen LogP contribution in [-0.4, -0.2) is 13.0 Å². The van der Waals surface area contributed by atoms with Gasteiger partial charge >= 0.3 is 11.9 Å². The maximum absolute atomic E-state index is 14.4. The largest absolute Gasteiger partial charge is 0.424 e. The molecule has 0 bridgehead atoms. The van der Waals surface area contributed by atoms with Crippen LogP contribution in [0.5, 0.6) is 0 Å². The molecule has 0 atom stereocenters. The predicted octanol–water partition coefficient (Wildman–Crippen LogP) is 3.04. The van der Waals surface area contributed by atoms with E-state index in [0.29, 0.717) is 29.0 Å². The molecule has 1 aromatic heterocycles. The molecule has 3 rings (SSSR count). The van der Waals surface area contributed by atoms with Crippen molar-refractivity contribution in [1.29, 1.82) is 0 Å². The van der Waals surface area contributed by atoms with Crippen LogP contribution in [0.25, 0.3) is 16.9 Å². The molecule has 0 saturated carbocycles. The molecule has 2 aromatic carbocycles. The van der Waals surface area contributed by atoms with E-state index in [1.807, 2.05) is 0 Å². The van der Waals surface area contributed by atoms with Gasteiger partial charge in [-0.25, -0.2) is 31.7 Å². The van der Waals surface area contributed by atoms with Gasteiger partial charge in [0.25, 0.3) is 0 Å². The predicted molar refractivity (Wildman–Crippen MR) is 86.0 cm³/mol. The molecular weight excluding hydrogens is 411 g/mol. The maximum Gasteiger partial charge on any atom is 0.424 e. The lowest BCUT2D eigenvalue weighted by molar-refractivity contribution is -0.137. The first kappa shape index (κ1) is 19.8. The number of rotatable bonds is 3. The average molecular weight is 420 g/mol. The van der Waals surface area contributed by atoms with Crippen molar-refractivity contribution in [3.8, 4) is 16.9 Å². The van der Waals surface area contributed by atoms with Crippen molar-refractivity contribution in [2.45, 2.75) is 11.1 Å². The van der Waals surface area contributed by atoms with Gasteiger partial charge in [-0.15, -0.1) is 0 Å². The highest BCUT2D eigenvalue weighted by Crippen LogP contribution is 2.32. The van der Waals surface area contributed by atoms with E-state index in [4.69, 9.17) is 5.14 Å². The first-order chi connectivity index (χ1) is 12.9. The fourth-order valence-electron chi connectivity index (χ4n) is 2.50. The summed E-state index contributed by atoms with van der Waals surface area (Å²) < 4.78 is 95.0. The van der Waals surface area contributed by atoms with E-state index in [-0.39, 0.29) is 5.69 Å². The van der Waals surface area contributed by atoms with Crippen molar-refractivity contribution < 1.29 is 34.8 Å². The summed E-state index contributed by atoms with van der Waals surface area (Å²) in [6, 6.07) is 4.27. The van der Waals surface area contributed by atoms with Gasteiger partial charge in [-0.3, -0.25) is 0 Å². The Bertz CT molecular complexity index is 1230. The van der Waals surface area contributed by atoms with E-state index in [1.165, 1.54) is 0 Å². The quantitative estimate of drug-likeness (QED) is 0.659. The van der Waals surface area contributed by atoms with Crippen molar-refractivity contribution in [3.63, 3.8) is 0 Å². The Balaban J connectivity index is 2.24. The first-order valence-electron chi connectivity index (χ1n) is 7.30. The minimum atomic E-state index is -4.71. The number of hydrogen-bond donors (Lipinski definition) is 1. The SMILES string of the molecule is NS(=O)(=O)c1cc(F)c(-c2coc(=O)n2-c2cccc(C(F)(F)F)c2)cc1F. The van der Waals surface area contributed by atoms with Crippen LogP contribution in [0.15, 0.2) is 56.8 Å². The highest BCUT2D eigenvalue weighted by atomic mass is 32.2. The highest BCUT2D eigenvalue weighted by molar-refractivity contribution is 7.89. The van der Waals surface area contributed by atoms with Crippen LogP contribution in [-0.2, 0) is 16.2 Å². The van der Waals surface area contributed by atoms with E-state index < -0.39 is 55.3 Å². The van der Waals surface area contributed by atoms with Gasteiger partial charge in [-0.1, -0.05) is 6.07 Å². The summed E-state index contributed by atoms with van der Waals surface area (Å²) in [6.07, 6.45) is -4.00. The van der Waals surface area contributed by atoms with Gasteiger partial charge in [0.15, 0.2) is 0 Å². The molecular formula is C16H9F5N2O4S. The van der Waals surface area contributed by atoms with Gasteiger partial charge in [0.1, 0.15) is 22.8 Å². The fraction of sp³-hybridized carbons (Fsp3) is 0.0625. The smallest absolute Gasteiger partial charge is 0.415 e. The summed E-state index contributed by atoms with van der Waals surface area (Å²) in [6.45, 7) is 0. The Labute approximate surface area is 153 Å². The van der Waals surface area contributed by atoms with Crippen LogP contribution in [0.2, 0.25) is 0 Å². The zero-order chi connectivity index (χ0) is 20.9. The number of halogens is 5. The molecule has 148 valence electrons. The van der Waals surface area contributed by atoms with Gasteiger partial charge < -0.3 is 4.42 Å². The number of aromatic nitrogens is 1. The summed E-state index contributed by atoms with van der Waals surface area (Å²) >= 11 is 0. The fourth-order valence-corrected chi connectivity index (χ4v) is 3.10. The van der Waals surface area contributed by atoms with E-state index >= 15 is 0 Å². The van der Waals surface area contributed by atoms with Crippen LogP contribution >= 0.6 is 0 Å². The Kier molecular flexibility index (Phi) is 4.63. The van der Waals surface area contributed by atoms with Crippen LogP contribution in [0.1, 0.15) is 5.56 Å². The molecule has 2 N–H and O–H groups in total. The standard InChI is InChI=1S/C16H9F5N2O4S/c17-11-6-14(28(22,25)26)12(18)5-10(11)13-7-27-15(24)23(13)9-3-1-2-8(4-9)16(19,20)21/h1-7H,(H2,22,25,26). The second kappa shape index (κ2) is 6.56. The highest BCUT2D eigenvalue weighted by Gasteiger charge is 2.31. The number of hydrogen-bond acceptors (Lipinski definition) is 4. The average Bonchev–Trinajstić information content (AvgIpc) is 2.96. The van der Waals surface area contributed by atoms with E-state index in [2.05, 4.69) is 4.42 Å². The number of benzene rings is 2. The molecule has 0 aliphatic heterocycles. The summed E-state index contributed by atoms with van der Waals surface area (Å²) in [7, 11) is -4.57. The van der Waals surface area contributed by atoms with Gasteiger partial charge in [0.05, 0.1) is 16.9 Å². The lowest BCUT2D eigenvalue weighted by Crippen LogP contribution is -2.16. The summed E-state index contributed by atoms with van der Waals surface area (Å²) in [5.74, 6) is -3.86. The Morgan fingerprint density at radius 1 is 1.04 bits per heavy atom. The Hall–Kier alpha value is -2.99. The molecule has 0 amide bonds. The zero-order valence-electron chi connectivity index (χ0n) is 13.5. The Morgan fingerprint density at radius 2 is 1.71 bits per heavy atom. The van der Waals surface area contributed by atoms with Crippen LogP contribution < -0.4 is 10.9 Å². The third kappa shape index (κ3) is 3.55. The molecule has 3 aromatic rings. The first-order valence-corrected chi connectivity index (χ1v) is 8.84. The molecule has 0 saturated heterocycles. The lowest BCUT2D eigenvalue weighted by Gasteiger charge is -2.11. The van der Waals surface area contributed by atoms with Gasteiger partial charge in [0.2, 0.25) is 10.0 Å². The minimum Gasteiger partial charge on any atom is -0.415 e. The van der Waals surface area contributed by atoms with E-state index in [0.717, 1.165) is 18.2 Å². The van der Waals surface area contributed by atoms with E-state index in [9.17, 15) is 35.2 Å². The minimum absolute atomic E-state index is 0.300. The molecule has 0 aliphatic carbocycles.